The average molecular weight is 235 g/mol. The molecule has 4 nitrogen and oxygen atoms in total. The topological polar surface area (TPSA) is 63.3 Å². The van der Waals surface area contributed by atoms with Crippen LogP contribution in [0.4, 0.5) is 4.39 Å². The monoisotopic (exact) mass is 235 g/mol. The van der Waals surface area contributed by atoms with Gasteiger partial charge in [0.15, 0.2) is 11.5 Å². The Labute approximate surface area is 96.7 Å². The van der Waals surface area contributed by atoms with Crippen molar-refractivity contribution in [2.24, 2.45) is 0 Å². The molecule has 0 aliphatic carbocycles. The van der Waals surface area contributed by atoms with Crippen LogP contribution in [0.25, 0.3) is 11.3 Å². The molecule has 0 bridgehead atoms. The maximum atomic E-state index is 12.2. The van der Waals surface area contributed by atoms with Crippen LogP contribution in [0.15, 0.2) is 34.9 Å². The second kappa shape index (κ2) is 4.78. The lowest BCUT2D eigenvalue weighted by atomic mass is 10.1. The van der Waals surface area contributed by atoms with E-state index in [4.69, 9.17) is 9.63 Å². The van der Waals surface area contributed by atoms with Gasteiger partial charge < -0.3 is 9.63 Å². The zero-order valence-electron chi connectivity index (χ0n) is 8.89. The van der Waals surface area contributed by atoms with Gasteiger partial charge in [-0.1, -0.05) is 23.4 Å². The number of nitrogens with zero attached hydrogens (tertiary/aromatic N) is 1. The molecular weight excluding hydrogens is 225 g/mol. The Hall–Kier alpha value is -2.17. The van der Waals surface area contributed by atoms with E-state index in [9.17, 15) is 9.18 Å². The number of hydrogen-bond acceptors (Lipinski definition) is 3. The standard InChI is InChI=1S/C12H10FNO3/c13-5-4-8-2-1-3-9(6-8)11-7-10(12(15)16)14-17-11/h1-3,6-7H,4-5H2,(H,15,16). The molecule has 88 valence electrons. The lowest BCUT2D eigenvalue weighted by molar-refractivity contribution is 0.0686. The molecule has 1 aromatic carbocycles. The highest BCUT2D eigenvalue weighted by Gasteiger charge is 2.12. The fourth-order valence-corrected chi connectivity index (χ4v) is 1.50. The van der Waals surface area contributed by atoms with Gasteiger partial charge in [0.05, 0.1) is 6.67 Å². The number of aryl methyl sites for hydroxylation is 1. The Morgan fingerprint density at radius 2 is 2.24 bits per heavy atom. The number of carbonyl (C=O) groups is 1. The molecule has 5 heteroatoms. The van der Waals surface area contributed by atoms with E-state index >= 15 is 0 Å². The predicted octanol–water partition coefficient (Wildman–Crippen LogP) is 2.55. The van der Waals surface area contributed by atoms with Crippen molar-refractivity contribution < 1.29 is 18.8 Å². The number of halogens is 1. The first-order chi connectivity index (χ1) is 8.20. The predicted molar refractivity (Wildman–Crippen MR) is 58.6 cm³/mol. The van der Waals surface area contributed by atoms with Crippen LogP contribution in [0, 0.1) is 0 Å². The first-order valence-electron chi connectivity index (χ1n) is 5.06. The molecular formula is C12H10FNO3. The largest absolute Gasteiger partial charge is 0.476 e. The molecule has 0 spiro atoms. The number of aromatic nitrogens is 1. The van der Waals surface area contributed by atoms with Crippen LogP contribution in [0.5, 0.6) is 0 Å². The van der Waals surface area contributed by atoms with Gasteiger partial charge in [0, 0.05) is 18.1 Å². The number of aromatic carboxylic acids is 1. The Morgan fingerprint density at radius 3 is 2.88 bits per heavy atom. The maximum absolute atomic E-state index is 12.2. The van der Waals surface area contributed by atoms with Crippen LogP contribution in [0.3, 0.4) is 0 Å². The highest BCUT2D eigenvalue weighted by atomic mass is 19.1. The van der Waals surface area contributed by atoms with Crippen molar-refractivity contribution in [3.8, 4) is 11.3 Å². The van der Waals surface area contributed by atoms with Crippen LogP contribution in [-0.4, -0.2) is 22.9 Å². The molecule has 0 radical (unpaired) electrons. The molecule has 0 aliphatic rings. The minimum Gasteiger partial charge on any atom is -0.476 e. The van der Waals surface area contributed by atoms with E-state index in [0.717, 1.165) is 5.56 Å². The molecule has 2 rings (SSSR count). The van der Waals surface area contributed by atoms with Crippen molar-refractivity contribution in [3.05, 3.63) is 41.6 Å². The third-order valence-corrected chi connectivity index (χ3v) is 2.32. The normalized spacial score (nSPS) is 10.4. The smallest absolute Gasteiger partial charge is 0.358 e. The Kier molecular flexibility index (Phi) is 3.18. The van der Waals surface area contributed by atoms with Gasteiger partial charge in [0.25, 0.3) is 0 Å². The van der Waals surface area contributed by atoms with Crippen molar-refractivity contribution in [2.75, 3.05) is 6.67 Å². The van der Waals surface area contributed by atoms with Gasteiger partial charge in [-0.15, -0.1) is 0 Å². The summed E-state index contributed by atoms with van der Waals surface area (Å²) < 4.78 is 17.1. The van der Waals surface area contributed by atoms with Crippen molar-refractivity contribution >= 4 is 5.97 Å². The summed E-state index contributed by atoms with van der Waals surface area (Å²) in [5.41, 5.74) is 1.38. The molecule has 0 saturated carbocycles. The number of hydrogen-bond donors (Lipinski definition) is 1. The average Bonchev–Trinajstić information content (AvgIpc) is 2.79. The molecule has 0 fully saturated rings. The van der Waals surface area contributed by atoms with Gasteiger partial charge in [0.2, 0.25) is 0 Å². The molecule has 0 saturated heterocycles. The van der Waals surface area contributed by atoms with Crippen LogP contribution in [0.1, 0.15) is 16.1 Å². The molecule has 0 aliphatic heterocycles. The first-order valence-corrected chi connectivity index (χ1v) is 5.06. The van der Waals surface area contributed by atoms with Crippen LogP contribution < -0.4 is 0 Å². The second-order valence-electron chi connectivity index (χ2n) is 3.52. The highest BCUT2D eigenvalue weighted by Crippen LogP contribution is 2.21. The van der Waals surface area contributed by atoms with Gasteiger partial charge in [-0.2, -0.15) is 0 Å². The third-order valence-electron chi connectivity index (χ3n) is 2.32. The SMILES string of the molecule is O=C(O)c1cc(-c2cccc(CCF)c2)on1. The molecule has 2 aromatic rings. The van der Waals surface area contributed by atoms with Crippen molar-refractivity contribution in [1.82, 2.24) is 5.16 Å². The minimum atomic E-state index is -1.14. The van der Waals surface area contributed by atoms with Crippen molar-refractivity contribution in [1.29, 1.82) is 0 Å². The summed E-state index contributed by atoms with van der Waals surface area (Å²) in [5, 5.41) is 12.1. The first kappa shape index (κ1) is 11.3. The molecule has 0 atom stereocenters. The summed E-state index contributed by atoms with van der Waals surface area (Å²) in [5.74, 6) is -0.775. The van der Waals surface area contributed by atoms with E-state index in [1.807, 2.05) is 0 Å². The zero-order valence-corrected chi connectivity index (χ0v) is 8.89. The van der Waals surface area contributed by atoms with E-state index in [1.165, 1.54) is 6.07 Å². The van der Waals surface area contributed by atoms with E-state index in [1.54, 1.807) is 24.3 Å². The molecule has 0 amide bonds. The summed E-state index contributed by atoms with van der Waals surface area (Å²) in [6.45, 7) is -0.430. The third kappa shape index (κ3) is 2.50. The van der Waals surface area contributed by atoms with Crippen LogP contribution in [-0.2, 0) is 6.42 Å². The zero-order chi connectivity index (χ0) is 12.3. The lowest BCUT2D eigenvalue weighted by Gasteiger charge is -1.99. The van der Waals surface area contributed by atoms with E-state index < -0.39 is 12.6 Å². The van der Waals surface area contributed by atoms with E-state index in [-0.39, 0.29) is 5.69 Å². The summed E-state index contributed by atoms with van der Waals surface area (Å²) in [7, 11) is 0. The Morgan fingerprint density at radius 1 is 1.41 bits per heavy atom. The molecule has 1 N–H and O–H groups in total. The quantitative estimate of drug-likeness (QED) is 0.884. The number of alkyl halides is 1. The Bertz CT molecular complexity index is 536. The molecule has 1 aromatic heterocycles. The van der Waals surface area contributed by atoms with Crippen molar-refractivity contribution in [2.45, 2.75) is 6.42 Å². The number of benzene rings is 1. The molecule has 1 heterocycles. The lowest BCUT2D eigenvalue weighted by Crippen LogP contribution is -1.94. The summed E-state index contributed by atoms with van der Waals surface area (Å²) >= 11 is 0. The van der Waals surface area contributed by atoms with E-state index in [0.29, 0.717) is 17.7 Å². The Balaban J connectivity index is 2.31. The maximum Gasteiger partial charge on any atom is 0.358 e. The fraction of sp³-hybridized carbons (Fsp3) is 0.167. The van der Waals surface area contributed by atoms with Crippen LogP contribution >= 0.6 is 0 Å². The second-order valence-corrected chi connectivity index (χ2v) is 3.52. The summed E-state index contributed by atoms with van der Waals surface area (Å²) in [6.07, 6.45) is 0.327. The molecule has 17 heavy (non-hydrogen) atoms. The van der Waals surface area contributed by atoms with Crippen molar-refractivity contribution in [3.63, 3.8) is 0 Å². The highest BCUT2D eigenvalue weighted by molar-refractivity contribution is 5.86. The van der Waals surface area contributed by atoms with Gasteiger partial charge >= 0.3 is 5.97 Å². The van der Waals surface area contributed by atoms with Gasteiger partial charge in [0.1, 0.15) is 0 Å². The number of rotatable bonds is 4. The molecule has 0 unspecified atom stereocenters. The number of carboxylic acid groups (broad SMARTS) is 1. The number of carboxylic acids is 1. The summed E-state index contributed by atoms with van der Waals surface area (Å²) in [6, 6.07) is 8.43. The minimum absolute atomic E-state index is 0.143. The fourth-order valence-electron chi connectivity index (χ4n) is 1.50. The van der Waals surface area contributed by atoms with Gasteiger partial charge in [-0.05, 0) is 11.6 Å². The van der Waals surface area contributed by atoms with E-state index in [2.05, 4.69) is 5.16 Å². The van der Waals surface area contributed by atoms with Crippen LogP contribution in [0.2, 0.25) is 0 Å². The van der Waals surface area contributed by atoms with Gasteiger partial charge in [-0.25, -0.2) is 4.79 Å². The van der Waals surface area contributed by atoms with Gasteiger partial charge in [-0.3, -0.25) is 4.39 Å². The summed E-state index contributed by atoms with van der Waals surface area (Å²) in [4.78, 5) is 10.6.